The molecule has 0 fully saturated rings. The Balaban J connectivity index is 1.94. The molecule has 0 amide bonds. The van der Waals surface area contributed by atoms with E-state index >= 15 is 0 Å². The number of ether oxygens (including phenoxy) is 2. The molecular formula is C22H25NO2. The fraction of sp³-hybridized carbons (Fsp3) is 0.273. The van der Waals surface area contributed by atoms with Crippen molar-refractivity contribution in [3.05, 3.63) is 72.3 Å². The van der Waals surface area contributed by atoms with E-state index in [9.17, 15) is 0 Å². The summed E-state index contributed by atoms with van der Waals surface area (Å²) in [6.45, 7) is 2.76. The second kappa shape index (κ2) is 8.65. The van der Waals surface area contributed by atoms with Gasteiger partial charge in [0.2, 0.25) is 0 Å². The highest BCUT2D eigenvalue weighted by Crippen LogP contribution is 2.38. The zero-order valence-corrected chi connectivity index (χ0v) is 14.7. The molecule has 3 nitrogen and oxygen atoms in total. The van der Waals surface area contributed by atoms with Crippen molar-refractivity contribution < 1.29 is 9.47 Å². The van der Waals surface area contributed by atoms with Gasteiger partial charge in [-0.15, -0.1) is 0 Å². The van der Waals surface area contributed by atoms with Crippen LogP contribution in [0.5, 0.6) is 5.75 Å². The molecule has 130 valence electrons. The van der Waals surface area contributed by atoms with Gasteiger partial charge in [0.1, 0.15) is 18.6 Å². The van der Waals surface area contributed by atoms with Gasteiger partial charge in [0.05, 0.1) is 6.61 Å². The molecule has 25 heavy (non-hydrogen) atoms. The van der Waals surface area contributed by atoms with Gasteiger partial charge in [-0.1, -0.05) is 66.8 Å². The maximum atomic E-state index is 6.17. The Morgan fingerprint density at radius 2 is 1.76 bits per heavy atom. The van der Waals surface area contributed by atoms with Crippen LogP contribution in [0.3, 0.4) is 0 Å². The second-order valence-electron chi connectivity index (χ2n) is 6.11. The smallest absolute Gasteiger partial charge is 0.135 e. The van der Waals surface area contributed by atoms with Crippen LogP contribution in [0.1, 0.15) is 25.3 Å². The van der Waals surface area contributed by atoms with E-state index in [1.807, 2.05) is 25.1 Å². The lowest BCUT2D eigenvalue weighted by atomic mass is 9.94. The van der Waals surface area contributed by atoms with Crippen LogP contribution in [-0.2, 0) is 4.74 Å². The Kier molecular flexibility index (Phi) is 6.04. The molecule has 0 heterocycles. The summed E-state index contributed by atoms with van der Waals surface area (Å²) in [5, 5.41) is 0. The Morgan fingerprint density at radius 1 is 0.960 bits per heavy atom. The number of hydrogen-bond donors (Lipinski definition) is 1. The van der Waals surface area contributed by atoms with Gasteiger partial charge in [0.15, 0.2) is 0 Å². The summed E-state index contributed by atoms with van der Waals surface area (Å²) < 4.78 is 11.6. The summed E-state index contributed by atoms with van der Waals surface area (Å²) in [4.78, 5) is 0. The van der Waals surface area contributed by atoms with Gasteiger partial charge in [-0.2, -0.15) is 0 Å². The third-order valence-corrected chi connectivity index (χ3v) is 4.12. The monoisotopic (exact) mass is 335 g/mol. The zero-order chi connectivity index (χ0) is 17.5. The van der Waals surface area contributed by atoms with Gasteiger partial charge < -0.3 is 15.2 Å². The Labute approximate surface area is 149 Å². The third-order valence-electron chi connectivity index (χ3n) is 4.12. The zero-order valence-electron chi connectivity index (χ0n) is 14.7. The predicted octanol–water partition coefficient (Wildman–Crippen LogP) is 4.79. The van der Waals surface area contributed by atoms with Crippen LogP contribution in [0, 0.1) is 0 Å². The third kappa shape index (κ3) is 4.59. The normalized spacial score (nSPS) is 14.9. The Bertz CT molecular complexity index is 748. The minimum absolute atomic E-state index is 0.281. The van der Waals surface area contributed by atoms with E-state index in [-0.39, 0.29) is 6.23 Å². The number of hydrogen-bond acceptors (Lipinski definition) is 3. The molecule has 2 N–H and O–H groups in total. The van der Waals surface area contributed by atoms with E-state index in [1.54, 1.807) is 0 Å². The highest BCUT2D eigenvalue weighted by Gasteiger charge is 2.14. The lowest BCUT2D eigenvalue weighted by molar-refractivity contribution is 0.0485. The van der Waals surface area contributed by atoms with E-state index < -0.39 is 0 Å². The first-order valence-electron chi connectivity index (χ1n) is 8.81. The van der Waals surface area contributed by atoms with Crippen molar-refractivity contribution in [3.63, 3.8) is 0 Å². The fourth-order valence-electron chi connectivity index (χ4n) is 2.96. The number of benzene rings is 2. The molecule has 0 bridgehead atoms. The summed E-state index contributed by atoms with van der Waals surface area (Å²) in [7, 11) is 0. The van der Waals surface area contributed by atoms with Crippen molar-refractivity contribution in [1.29, 1.82) is 0 Å². The van der Waals surface area contributed by atoms with Crippen LogP contribution < -0.4 is 10.5 Å². The van der Waals surface area contributed by atoms with Crippen molar-refractivity contribution in [2.24, 2.45) is 5.73 Å². The summed E-state index contributed by atoms with van der Waals surface area (Å²) in [5.41, 5.74) is 10.2. The van der Waals surface area contributed by atoms with E-state index in [0.717, 1.165) is 35.3 Å². The lowest BCUT2D eigenvalue weighted by Gasteiger charge is -2.18. The van der Waals surface area contributed by atoms with Crippen LogP contribution in [0.2, 0.25) is 0 Å². The van der Waals surface area contributed by atoms with Gasteiger partial charge in [0, 0.05) is 11.1 Å². The molecule has 1 unspecified atom stereocenters. The number of para-hydroxylation sites is 1. The molecule has 0 saturated heterocycles. The first kappa shape index (κ1) is 17.5. The average molecular weight is 335 g/mol. The van der Waals surface area contributed by atoms with Gasteiger partial charge in [-0.05, 0) is 30.9 Å². The molecule has 0 aromatic heterocycles. The van der Waals surface area contributed by atoms with E-state index in [1.165, 1.54) is 5.57 Å². The largest absolute Gasteiger partial charge is 0.490 e. The van der Waals surface area contributed by atoms with Crippen LogP contribution in [-0.4, -0.2) is 19.4 Å². The Hall–Kier alpha value is -2.36. The van der Waals surface area contributed by atoms with Crippen LogP contribution in [0.4, 0.5) is 0 Å². The van der Waals surface area contributed by atoms with Gasteiger partial charge in [-0.25, -0.2) is 0 Å². The van der Waals surface area contributed by atoms with E-state index in [0.29, 0.717) is 13.2 Å². The molecule has 2 aromatic rings. The molecule has 1 aliphatic rings. The number of allylic oxidation sites excluding steroid dienone is 4. The fourth-order valence-corrected chi connectivity index (χ4v) is 2.96. The quantitative estimate of drug-likeness (QED) is 0.584. The van der Waals surface area contributed by atoms with Crippen molar-refractivity contribution in [2.45, 2.75) is 26.0 Å². The van der Waals surface area contributed by atoms with Crippen LogP contribution in [0.25, 0.3) is 16.7 Å². The highest BCUT2D eigenvalue weighted by molar-refractivity contribution is 5.84. The lowest BCUT2D eigenvalue weighted by Crippen LogP contribution is -2.22. The highest BCUT2D eigenvalue weighted by atomic mass is 16.5. The maximum Gasteiger partial charge on any atom is 0.135 e. The minimum atomic E-state index is -0.281. The Morgan fingerprint density at radius 3 is 2.48 bits per heavy atom. The molecular weight excluding hydrogens is 310 g/mol. The molecule has 0 aliphatic heterocycles. The molecule has 2 aromatic carbocycles. The molecule has 3 heteroatoms. The van der Waals surface area contributed by atoms with Gasteiger partial charge in [0.25, 0.3) is 0 Å². The standard InChI is InChI=1S/C22H25NO2/c1-17(23)24-15-16-25-22-20(18-9-4-2-5-10-18)13-8-14-21(22)19-11-6-3-7-12-19/h2,4-6,8-14,17H,3,7,15-16,23H2,1H3. The molecule has 0 saturated carbocycles. The molecule has 1 atom stereocenters. The van der Waals surface area contributed by atoms with Crippen LogP contribution in [0.15, 0.2) is 66.8 Å². The molecule has 0 spiro atoms. The average Bonchev–Trinajstić information content (AvgIpc) is 2.66. The van der Waals surface area contributed by atoms with E-state index in [4.69, 9.17) is 15.2 Å². The minimum Gasteiger partial charge on any atom is -0.490 e. The molecule has 1 aliphatic carbocycles. The van der Waals surface area contributed by atoms with Crippen molar-refractivity contribution in [3.8, 4) is 16.9 Å². The van der Waals surface area contributed by atoms with E-state index in [2.05, 4.69) is 48.6 Å². The topological polar surface area (TPSA) is 44.5 Å². The maximum absolute atomic E-state index is 6.17. The number of nitrogens with two attached hydrogens (primary N) is 1. The summed E-state index contributed by atoms with van der Waals surface area (Å²) in [6.07, 6.45) is 8.55. The second-order valence-corrected chi connectivity index (χ2v) is 6.11. The van der Waals surface area contributed by atoms with Crippen molar-refractivity contribution >= 4 is 5.57 Å². The summed E-state index contributed by atoms with van der Waals surface area (Å²) in [5.74, 6) is 0.903. The van der Waals surface area contributed by atoms with Crippen LogP contribution >= 0.6 is 0 Å². The molecule has 3 rings (SSSR count). The SMILES string of the molecule is CC(N)OCCOc1c(C2=CCCC=C2)cccc1-c1ccccc1. The molecule has 0 radical (unpaired) electrons. The first-order valence-corrected chi connectivity index (χ1v) is 8.81. The van der Waals surface area contributed by atoms with Crippen molar-refractivity contribution in [1.82, 2.24) is 0 Å². The summed E-state index contributed by atoms with van der Waals surface area (Å²) in [6, 6.07) is 16.6. The summed E-state index contributed by atoms with van der Waals surface area (Å²) >= 11 is 0. The number of rotatable bonds is 7. The van der Waals surface area contributed by atoms with Gasteiger partial charge in [-0.3, -0.25) is 0 Å². The predicted molar refractivity (Wildman–Crippen MR) is 103 cm³/mol. The first-order chi connectivity index (χ1) is 12.3. The van der Waals surface area contributed by atoms with Gasteiger partial charge >= 0.3 is 0 Å². The van der Waals surface area contributed by atoms with Crippen molar-refractivity contribution in [2.75, 3.05) is 13.2 Å².